The molecule has 7 heteroatoms. The van der Waals surface area contributed by atoms with Gasteiger partial charge in [-0.2, -0.15) is 5.10 Å². The zero-order chi connectivity index (χ0) is 18.8. The van der Waals surface area contributed by atoms with Crippen LogP contribution in [-0.4, -0.2) is 56.2 Å². The Morgan fingerprint density at radius 2 is 2.12 bits per heavy atom. The predicted molar refractivity (Wildman–Crippen MR) is 96.5 cm³/mol. The summed E-state index contributed by atoms with van der Waals surface area (Å²) in [7, 11) is 0. The molecular weight excluding hydrogens is 334 g/mol. The first-order valence-corrected chi connectivity index (χ1v) is 8.82. The van der Waals surface area contributed by atoms with Crippen molar-refractivity contribution >= 4 is 5.97 Å². The average Bonchev–Trinajstić information content (AvgIpc) is 3.09. The Bertz CT molecular complexity index is 802. The molecule has 2 N–H and O–H groups in total. The number of benzene rings is 1. The quantitative estimate of drug-likeness (QED) is 0.818. The molecule has 2 atom stereocenters. The van der Waals surface area contributed by atoms with Crippen molar-refractivity contribution in [1.29, 1.82) is 0 Å². The van der Waals surface area contributed by atoms with Gasteiger partial charge in [0.05, 0.1) is 11.3 Å². The molecule has 0 saturated carbocycles. The van der Waals surface area contributed by atoms with Gasteiger partial charge in [-0.05, 0) is 39.0 Å². The van der Waals surface area contributed by atoms with Crippen LogP contribution in [0.2, 0.25) is 0 Å². The van der Waals surface area contributed by atoms with E-state index in [4.69, 9.17) is 9.84 Å². The summed E-state index contributed by atoms with van der Waals surface area (Å²) in [4.78, 5) is 13.2. The minimum atomic E-state index is -0.997. The van der Waals surface area contributed by atoms with Crippen LogP contribution in [0, 0.1) is 13.8 Å². The highest BCUT2D eigenvalue weighted by Crippen LogP contribution is 2.23. The van der Waals surface area contributed by atoms with Crippen LogP contribution in [0.3, 0.4) is 0 Å². The molecule has 0 amide bonds. The van der Waals surface area contributed by atoms with E-state index >= 15 is 0 Å². The lowest BCUT2D eigenvalue weighted by Crippen LogP contribution is -2.30. The van der Waals surface area contributed by atoms with Crippen molar-refractivity contribution in [3.8, 4) is 5.75 Å². The molecule has 1 aromatic carbocycles. The van der Waals surface area contributed by atoms with Crippen molar-refractivity contribution in [3.63, 3.8) is 0 Å². The molecule has 0 radical (unpaired) electrons. The van der Waals surface area contributed by atoms with Gasteiger partial charge < -0.3 is 14.9 Å². The maximum Gasteiger partial charge on any atom is 0.335 e. The van der Waals surface area contributed by atoms with E-state index in [2.05, 4.69) is 23.8 Å². The van der Waals surface area contributed by atoms with Crippen LogP contribution in [0.25, 0.3) is 0 Å². The fourth-order valence-corrected chi connectivity index (χ4v) is 3.45. The number of rotatable bonds is 6. The van der Waals surface area contributed by atoms with Gasteiger partial charge >= 0.3 is 5.97 Å². The van der Waals surface area contributed by atoms with Crippen molar-refractivity contribution < 1.29 is 19.7 Å². The second kappa shape index (κ2) is 7.47. The Labute approximate surface area is 152 Å². The molecule has 26 heavy (non-hydrogen) atoms. The number of nitrogens with zero attached hydrogens (tertiary/aromatic N) is 3. The van der Waals surface area contributed by atoms with Gasteiger partial charge in [-0.1, -0.05) is 6.07 Å². The van der Waals surface area contributed by atoms with E-state index in [-0.39, 0.29) is 11.7 Å². The molecule has 0 bridgehead atoms. The normalized spacial score (nSPS) is 20.5. The highest BCUT2D eigenvalue weighted by atomic mass is 16.5. The molecule has 1 aliphatic heterocycles. The third-order valence-electron chi connectivity index (χ3n) is 4.89. The lowest BCUT2D eigenvalue weighted by molar-refractivity contribution is 0.0688. The number of likely N-dealkylation sites (tertiary alicyclic amines) is 1. The number of aliphatic hydroxyl groups is 1. The summed E-state index contributed by atoms with van der Waals surface area (Å²) in [5, 5.41) is 24.0. The van der Waals surface area contributed by atoms with E-state index in [1.807, 2.05) is 11.6 Å². The fourth-order valence-electron chi connectivity index (χ4n) is 3.45. The highest BCUT2D eigenvalue weighted by molar-refractivity contribution is 5.88. The molecule has 1 saturated heterocycles. The topological polar surface area (TPSA) is 87.8 Å². The number of aliphatic hydroxyl groups excluding tert-OH is 1. The molecule has 7 nitrogen and oxygen atoms in total. The third kappa shape index (κ3) is 3.73. The van der Waals surface area contributed by atoms with Crippen molar-refractivity contribution in [2.24, 2.45) is 0 Å². The molecule has 1 aromatic heterocycles. The first-order valence-electron chi connectivity index (χ1n) is 8.82. The zero-order valence-electron chi connectivity index (χ0n) is 15.3. The van der Waals surface area contributed by atoms with Gasteiger partial charge in [0.15, 0.2) is 0 Å². The van der Waals surface area contributed by atoms with E-state index in [9.17, 15) is 9.90 Å². The Balaban J connectivity index is 1.67. The van der Waals surface area contributed by atoms with Crippen molar-refractivity contribution in [2.75, 3.05) is 13.1 Å². The summed E-state index contributed by atoms with van der Waals surface area (Å²) in [6.45, 7) is 8.78. The third-order valence-corrected chi connectivity index (χ3v) is 4.89. The summed E-state index contributed by atoms with van der Waals surface area (Å²) in [5.41, 5.74) is 3.52. The van der Waals surface area contributed by atoms with Crippen LogP contribution in [0.5, 0.6) is 5.75 Å². The number of carboxylic acid groups (broad SMARTS) is 1. The van der Waals surface area contributed by atoms with Crippen molar-refractivity contribution in [1.82, 2.24) is 14.7 Å². The smallest absolute Gasteiger partial charge is 0.335 e. The van der Waals surface area contributed by atoms with Crippen LogP contribution in [-0.2, 0) is 13.1 Å². The lowest BCUT2D eigenvalue weighted by atomic mass is 10.2. The summed E-state index contributed by atoms with van der Waals surface area (Å²) in [5.74, 6) is -0.537. The maximum absolute atomic E-state index is 11.1. The average molecular weight is 359 g/mol. The number of aromatic nitrogens is 2. The number of carboxylic acids is 1. The summed E-state index contributed by atoms with van der Waals surface area (Å²) < 4.78 is 7.85. The minimum Gasteiger partial charge on any atom is -0.486 e. The number of carbonyl (C=O) groups is 1. The van der Waals surface area contributed by atoms with Gasteiger partial charge in [-0.3, -0.25) is 9.58 Å². The molecule has 3 rings (SSSR count). The Kier molecular flexibility index (Phi) is 5.29. The second-order valence-corrected chi connectivity index (χ2v) is 6.72. The molecule has 1 aliphatic rings. The van der Waals surface area contributed by atoms with Crippen molar-refractivity contribution in [2.45, 2.75) is 46.1 Å². The summed E-state index contributed by atoms with van der Waals surface area (Å²) >= 11 is 0. The molecule has 140 valence electrons. The molecule has 2 aromatic rings. The predicted octanol–water partition coefficient (Wildman–Crippen LogP) is 1.84. The molecule has 1 fully saturated rings. The van der Waals surface area contributed by atoms with E-state index < -0.39 is 12.1 Å². The summed E-state index contributed by atoms with van der Waals surface area (Å²) in [6.07, 6.45) is -1.01. The first kappa shape index (κ1) is 18.4. The number of β-amino-alcohol motifs (C(OH)–C–C–N with tert-alkyl or cyclic N) is 1. The van der Waals surface area contributed by atoms with Crippen LogP contribution >= 0.6 is 0 Å². The molecule has 0 spiro atoms. The molecule has 0 aliphatic carbocycles. The molecule has 0 unspecified atom stereocenters. The van der Waals surface area contributed by atoms with Gasteiger partial charge in [0.2, 0.25) is 0 Å². The first-order chi connectivity index (χ1) is 12.4. The molecule has 2 heterocycles. The monoisotopic (exact) mass is 359 g/mol. The number of aryl methyl sites for hydroxylation is 2. The van der Waals surface area contributed by atoms with Gasteiger partial charge in [0.1, 0.15) is 18.0 Å². The SMILES string of the molecule is CCn1nc(C)c(CN2C[C@@H](O)[C@H](Oc3cccc(C(=O)O)c3)C2)c1C. The lowest BCUT2D eigenvalue weighted by Gasteiger charge is -2.17. The Morgan fingerprint density at radius 1 is 1.35 bits per heavy atom. The van der Waals surface area contributed by atoms with Gasteiger partial charge in [-0.15, -0.1) is 0 Å². The van der Waals surface area contributed by atoms with Gasteiger partial charge in [0, 0.05) is 37.4 Å². The van der Waals surface area contributed by atoms with Gasteiger partial charge in [-0.25, -0.2) is 4.79 Å². The zero-order valence-corrected chi connectivity index (χ0v) is 15.3. The van der Waals surface area contributed by atoms with E-state index in [1.165, 1.54) is 17.7 Å². The summed E-state index contributed by atoms with van der Waals surface area (Å²) in [6, 6.07) is 6.35. The number of hydrogen-bond acceptors (Lipinski definition) is 5. The van der Waals surface area contributed by atoms with Crippen LogP contribution in [0.4, 0.5) is 0 Å². The van der Waals surface area contributed by atoms with Crippen LogP contribution in [0.1, 0.15) is 34.2 Å². The number of hydrogen-bond donors (Lipinski definition) is 2. The highest BCUT2D eigenvalue weighted by Gasteiger charge is 2.33. The minimum absolute atomic E-state index is 0.171. The van der Waals surface area contributed by atoms with Crippen molar-refractivity contribution in [3.05, 3.63) is 46.8 Å². The van der Waals surface area contributed by atoms with E-state index in [1.54, 1.807) is 12.1 Å². The Morgan fingerprint density at radius 3 is 2.77 bits per heavy atom. The van der Waals surface area contributed by atoms with Crippen LogP contribution < -0.4 is 4.74 Å². The van der Waals surface area contributed by atoms with Crippen LogP contribution in [0.15, 0.2) is 24.3 Å². The second-order valence-electron chi connectivity index (χ2n) is 6.72. The van der Waals surface area contributed by atoms with E-state index in [0.29, 0.717) is 25.4 Å². The number of aromatic carboxylic acids is 1. The van der Waals surface area contributed by atoms with E-state index in [0.717, 1.165) is 17.9 Å². The molecular formula is C19H25N3O4. The number of ether oxygens (including phenoxy) is 1. The standard InChI is InChI=1S/C19H25N3O4/c1-4-22-13(3)16(12(2)20-22)9-21-10-17(23)18(11-21)26-15-7-5-6-14(8-15)19(24)25/h5-8,17-18,23H,4,9-11H2,1-3H3,(H,24,25)/t17-,18-/m1/s1. The van der Waals surface area contributed by atoms with Gasteiger partial charge in [0.25, 0.3) is 0 Å². The maximum atomic E-state index is 11.1. The fraction of sp³-hybridized carbons (Fsp3) is 0.474. The Hall–Kier alpha value is -2.38. The largest absolute Gasteiger partial charge is 0.486 e.